The third kappa shape index (κ3) is 5.17. The molecular formula is C28H28F2N4O4. The van der Waals surface area contributed by atoms with Gasteiger partial charge in [0.25, 0.3) is 5.91 Å². The van der Waals surface area contributed by atoms with E-state index in [9.17, 15) is 18.4 Å². The topological polar surface area (TPSA) is 116 Å². The molecule has 38 heavy (non-hydrogen) atoms. The largest absolute Gasteiger partial charge is 0.586 e. The van der Waals surface area contributed by atoms with E-state index < -0.39 is 11.7 Å². The smallest absolute Gasteiger partial charge is 0.395 e. The number of aromatic nitrogens is 1. The van der Waals surface area contributed by atoms with Crippen molar-refractivity contribution in [1.29, 1.82) is 0 Å². The second kappa shape index (κ2) is 10.0. The van der Waals surface area contributed by atoms with Crippen LogP contribution in [0.4, 0.5) is 14.6 Å². The number of hydrogen-bond donors (Lipinski definition) is 3. The zero-order chi connectivity index (χ0) is 26.9. The summed E-state index contributed by atoms with van der Waals surface area (Å²) in [5, 5.41) is 5.78. The highest BCUT2D eigenvalue weighted by molar-refractivity contribution is 6.01. The Hall–Kier alpha value is -4.05. The van der Waals surface area contributed by atoms with Crippen LogP contribution in [0.5, 0.6) is 11.5 Å². The number of rotatable bonds is 9. The summed E-state index contributed by atoms with van der Waals surface area (Å²) >= 11 is 0. The first kappa shape index (κ1) is 25.6. The Bertz CT molecular complexity index is 1390. The van der Waals surface area contributed by atoms with Gasteiger partial charge in [-0.15, -0.1) is 8.78 Å². The van der Waals surface area contributed by atoms with Crippen molar-refractivity contribution in [3.63, 3.8) is 0 Å². The van der Waals surface area contributed by atoms with Crippen molar-refractivity contribution in [3.05, 3.63) is 71.3 Å². The van der Waals surface area contributed by atoms with Crippen LogP contribution < -0.4 is 25.8 Å². The maximum absolute atomic E-state index is 13.4. The van der Waals surface area contributed by atoms with Crippen LogP contribution in [0.3, 0.4) is 0 Å². The van der Waals surface area contributed by atoms with E-state index in [0.717, 1.165) is 24.0 Å². The van der Waals surface area contributed by atoms with E-state index in [1.54, 1.807) is 30.3 Å². The fourth-order valence-electron chi connectivity index (χ4n) is 4.53. The van der Waals surface area contributed by atoms with Gasteiger partial charge in [-0.25, -0.2) is 4.98 Å². The summed E-state index contributed by atoms with van der Waals surface area (Å²) in [5.41, 5.74) is 7.99. The first-order valence-corrected chi connectivity index (χ1v) is 12.5. The van der Waals surface area contributed by atoms with E-state index in [1.165, 1.54) is 12.1 Å². The number of ether oxygens (including phenoxy) is 2. The molecule has 2 aromatic carbocycles. The Morgan fingerprint density at radius 2 is 1.82 bits per heavy atom. The van der Waals surface area contributed by atoms with Crippen molar-refractivity contribution in [2.75, 3.05) is 18.4 Å². The van der Waals surface area contributed by atoms with E-state index in [1.807, 2.05) is 19.1 Å². The van der Waals surface area contributed by atoms with Crippen LogP contribution in [0, 0.1) is 6.92 Å². The molecule has 10 heteroatoms. The average molecular weight is 523 g/mol. The van der Waals surface area contributed by atoms with Gasteiger partial charge < -0.3 is 25.8 Å². The zero-order valence-electron chi connectivity index (χ0n) is 20.9. The van der Waals surface area contributed by atoms with Crippen molar-refractivity contribution in [1.82, 2.24) is 10.3 Å². The van der Waals surface area contributed by atoms with E-state index in [-0.39, 0.29) is 23.3 Å². The molecule has 198 valence electrons. The molecule has 3 aromatic rings. The summed E-state index contributed by atoms with van der Waals surface area (Å²) in [6, 6.07) is 15.1. The highest BCUT2D eigenvalue weighted by atomic mass is 19.3. The molecule has 0 atom stereocenters. The molecule has 5 rings (SSSR count). The maximum atomic E-state index is 13.4. The van der Waals surface area contributed by atoms with Crippen molar-refractivity contribution < 1.29 is 27.8 Å². The molecule has 4 N–H and O–H groups in total. The zero-order valence-corrected chi connectivity index (χ0v) is 20.9. The van der Waals surface area contributed by atoms with Crippen molar-refractivity contribution >= 4 is 17.6 Å². The number of benzene rings is 2. The van der Waals surface area contributed by atoms with Crippen LogP contribution in [0.15, 0.2) is 54.6 Å². The van der Waals surface area contributed by atoms with Crippen LogP contribution in [0.25, 0.3) is 11.3 Å². The average Bonchev–Trinajstić information content (AvgIpc) is 3.64. The number of anilines is 1. The quantitative estimate of drug-likeness (QED) is 0.356. The number of nitrogens with one attached hydrogen (secondary N) is 2. The summed E-state index contributed by atoms with van der Waals surface area (Å²) in [6.45, 7) is 3.03. The van der Waals surface area contributed by atoms with Crippen LogP contribution in [0.1, 0.15) is 47.2 Å². The van der Waals surface area contributed by atoms with Gasteiger partial charge in [0.05, 0.1) is 11.1 Å². The third-order valence-electron chi connectivity index (χ3n) is 6.79. The summed E-state index contributed by atoms with van der Waals surface area (Å²) in [7, 11) is 0. The lowest BCUT2D eigenvalue weighted by atomic mass is 9.94. The molecule has 2 aliphatic rings. The number of alkyl halides is 2. The van der Waals surface area contributed by atoms with Crippen molar-refractivity contribution in [2.45, 2.75) is 44.3 Å². The lowest BCUT2D eigenvalue weighted by Gasteiger charge is -2.17. The molecule has 1 fully saturated rings. The fourth-order valence-corrected chi connectivity index (χ4v) is 4.53. The number of amides is 2. The Balaban J connectivity index is 1.32. The number of pyridine rings is 1. The van der Waals surface area contributed by atoms with Gasteiger partial charge in [0.1, 0.15) is 5.82 Å². The van der Waals surface area contributed by atoms with Gasteiger partial charge in [0, 0.05) is 17.7 Å². The van der Waals surface area contributed by atoms with Crippen LogP contribution in [0.2, 0.25) is 0 Å². The van der Waals surface area contributed by atoms with E-state index >= 15 is 0 Å². The molecule has 8 nitrogen and oxygen atoms in total. The van der Waals surface area contributed by atoms with E-state index in [0.29, 0.717) is 48.6 Å². The molecule has 0 radical (unpaired) electrons. The van der Waals surface area contributed by atoms with Gasteiger partial charge in [0.15, 0.2) is 11.5 Å². The minimum atomic E-state index is -3.72. The molecule has 2 heterocycles. The first-order chi connectivity index (χ1) is 18.2. The van der Waals surface area contributed by atoms with Crippen LogP contribution in [-0.2, 0) is 10.2 Å². The predicted molar refractivity (Wildman–Crippen MR) is 137 cm³/mol. The van der Waals surface area contributed by atoms with Gasteiger partial charge in [0.2, 0.25) is 5.91 Å². The molecule has 0 saturated heterocycles. The normalized spacial score (nSPS) is 16.1. The summed E-state index contributed by atoms with van der Waals surface area (Å²) in [4.78, 5) is 30.5. The van der Waals surface area contributed by atoms with Gasteiger partial charge in [-0.3, -0.25) is 9.59 Å². The molecule has 2 amide bonds. The highest BCUT2D eigenvalue weighted by Gasteiger charge is 2.53. The monoisotopic (exact) mass is 522 g/mol. The van der Waals surface area contributed by atoms with Gasteiger partial charge in [-0.1, -0.05) is 24.3 Å². The number of fused-ring (bicyclic) bond motifs is 1. The number of carbonyl (C=O) groups is 2. The molecule has 0 unspecified atom stereocenters. The lowest BCUT2D eigenvalue weighted by Crippen LogP contribution is -2.28. The number of nitrogens with zero attached hydrogens (tertiary/aromatic N) is 1. The second-order valence-electron chi connectivity index (χ2n) is 9.56. The number of halogens is 2. The molecule has 0 spiro atoms. The van der Waals surface area contributed by atoms with Crippen molar-refractivity contribution in [2.24, 2.45) is 5.73 Å². The molecule has 1 aromatic heterocycles. The highest BCUT2D eigenvalue weighted by Crippen LogP contribution is 2.52. The molecule has 0 bridgehead atoms. The maximum Gasteiger partial charge on any atom is 0.586 e. The molecule has 1 saturated carbocycles. The summed E-state index contributed by atoms with van der Waals surface area (Å²) in [6.07, 6.45) is -0.935. The Kier molecular flexibility index (Phi) is 6.75. The third-order valence-corrected chi connectivity index (χ3v) is 6.79. The second-order valence-corrected chi connectivity index (χ2v) is 9.56. The first-order valence-electron chi connectivity index (χ1n) is 12.5. The molecular weight excluding hydrogens is 494 g/mol. The van der Waals surface area contributed by atoms with Gasteiger partial charge in [-0.05, 0) is 80.6 Å². The number of aryl methyl sites for hydroxylation is 1. The SMILES string of the molecule is Cc1ccc(NC(=O)C2(c3ccc4c(c3)OC(F)(F)O4)CC2)nc1-c1cccc(C(=O)NCCCCN)c1. The van der Waals surface area contributed by atoms with Gasteiger partial charge >= 0.3 is 6.29 Å². The number of carbonyl (C=O) groups excluding carboxylic acids is 2. The lowest BCUT2D eigenvalue weighted by molar-refractivity contribution is -0.286. The Labute approximate surface area is 218 Å². The minimum Gasteiger partial charge on any atom is -0.395 e. The predicted octanol–water partition coefficient (Wildman–Crippen LogP) is 4.52. The van der Waals surface area contributed by atoms with Gasteiger partial charge in [-0.2, -0.15) is 0 Å². The van der Waals surface area contributed by atoms with E-state index in [2.05, 4.69) is 25.1 Å². The summed E-state index contributed by atoms with van der Waals surface area (Å²) in [5.74, 6) is -0.262. The van der Waals surface area contributed by atoms with E-state index in [4.69, 9.17) is 5.73 Å². The standard InChI is InChI=1S/C28H28F2N4O4/c1-17-7-10-23(33-24(17)18-5-4-6-19(15-18)25(35)32-14-3-2-13-31)34-26(36)27(11-12-27)20-8-9-21-22(16-20)38-28(29,30)37-21/h4-10,15-16H,2-3,11-14,31H2,1H3,(H,32,35)(H,33,34,36). The molecule has 1 aliphatic carbocycles. The van der Waals surface area contributed by atoms with Crippen molar-refractivity contribution in [3.8, 4) is 22.8 Å². The summed E-state index contributed by atoms with van der Waals surface area (Å²) < 4.78 is 35.9. The minimum absolute atomic E-state index is 0.0636. The number of unbranched alkanes of at least 4 members (excludes halogenated alkanes) is 1. The van der Waals surface area contributed by atoms with Crippen LogP contribution in [-0.4, -0.2) is 36.2 Å². The fraction of sp³-hybridized carbons (Fsp3) is 0.321. The number of nitrogens with two attached hydrogens (primary N) is 1. The Morgan fingerprint density at radius 1 is 1.03 bits per heavy atom. The van der Waals surface area contributed by atoms with Crippen LogP contribution >= 0.6 is 0 Å². The Morgan fingerprint density at radius 3 is 2.58 bits per heavy atom. The molecule has 1 aliphatic heterocycles. The number of hydrogen-bond acceptors (Lipinski definition) is 6.